The average molecular weight is 196 g/mol. The highest BCUT2D eigenvalue weighted by Crippen LogP contribution is 2.35. The van der Waals surface area contributed by atoms with Crippen LogP contribution in [0.1, 0.15) is 19.8 Å². The van der Waals surface area contributed by atoms with Gasteiger partial charge >= 0.3 is 0 Å². The monoisotopic (exact) mass is 196 g/mol. The maximum Gasteiger partial charge on any atom is 0.193 e. The highest BCUT2D eigenvalue weighted by molar-refractivity contribution is 6.73. The summed E-state index contributed by atoms with van der Waals surface area (Å²) in [5.41, 5.74) is 2.16. The zero-order valence-corrected chi connectivity index (χ0v) is 10.1. The lowest BCUT2D eigenvalue weighted by molar-refractivity contribution is 0.393. The predicted molar refractivity (Wildman–Crippen MR) is 60.4 cm³/mol. The normalized spacial score (nSPS) is 18.9. The molecule has 2 heteroatoms. The first-order valence-electron chi connectivity index (χ1n) is 5.03. The molecule has 0 aliphatic heterocycles. The number of rotatable bonds is 4. The Morgan fingerprint density at radius 3 is 2.62 bits per heavy atom. The number of allylic oxidation sites excluding steroid dienone is 4. The van der Waals surface area contributed by atoms with Gasteiger partial charge in [-0.2, -0.15) is 0 Å². The van der Waals surface area contributed by atoms with Gasteiger partial charge in [0.2, 0.25) is 0 Å². The summed E-state index contributed by atoms with van der Waals surface area (Å²) in [6, 6.07) is 0. The molecule has 0 saturated carbocycles. The third-order valence-electron chi connectivity index (χ3n) is 2.98. The molecule has 1 unspecified atom stereocenters. The lowest BCUT2D eigenvalue weighted by Crippen LogP contribution is -2.35. The van der Waals surface area contributed by atoms with Gasteiger partial charge in [-0.05, 0) is 31.5 Å². The molecule has 0 N–H and O–H groups in total. The van der Waals surface area contributed by atoms with Crippen molar-refractivity contribution in [1.29, 1.82) is 0 Å². The van der Waals surface area contributed by atoms with E-state index in [1.807, 2.05) is 7.11 Å². The fourth-order valence-electron chi connectivity index (χ4n) is 2.01. The Bertz CT molecular complexity index is 228. The van der Waals surface area contributed by atoms with Crippen molar-refractivity contribution in [3.05, 3.63) is 23.8 Å². The van der Waals surface area contributed by atoms with Crippen LogP contribution in [0.2, 0.25) is 18.6 Å². The van der Waals surface area contributed by atoms with Crippen LogP contribution in [0.25, 0.3) is 0 Å². The van der Waals surface area contributed by atoms with Gasteiger partial charge in [-0.3, -0.25) is 0 Å². The molecule has 0 fully saturated rings. The third-order valence-corrected chi connectivity index (χ3v) is 6.45. The van der Waals surface area contributed by atoms with Gasteiger partial charge in [0, 0.05) is 12.7 Å². The molecular weight excluding hydrogens is 176 g/mol. The van der Waals surface area contributed by atoms with Crippen LogP contribution in [0, 0.1) is 0 Å². The van der Waals surface area contributed by atoms with Gasteiger partial charge in [0.15, 0.2) is 8.32 Å². The molecule has 0 saturated heterocycles. The van der Waals surface area contributed by atoms with E-state index in [9.17, 15) is 0 Å². The Balaban J connectivity index is 2.78. The van der Waals surface area contributed by atoms with Crippen molar-refractivity contribution in [3.63, 3.8) is 0 Å². The second-order valence-electron chi connectivity index (χ2n) is 4.11. The first-order chi connectivity index (χ1) is 6.11. The molecule has 0 bridgehead atoms. The largest absolute Gasteiger partial charge is 0.420 e. The Kier molecular flexibility index (Phi) is 3.51. The summed E-state index contributed by atoms with van der Waals surface area (Å²) in [5.74, 6) is 0. The minimum Gasteiger partial charge on any atom is -0.420 e. The lowest BCUT2D eigenvalue weighted by Gasteiger charge is -2.30. The van der Waals surface area contributed by atoms with Gasteiger partial charge in [-0.15, -0.1) is 0 Å². The zero-order chi connectivity index (χ0) is 9.90. The van der Waals surface area contributed by atoms with Crippen LogP contribution >= 0.6 is 0 Å². The molecule has 74 valence electrons. The maximum absolute atomic E-state index is 5.67. The summed E-state index contributed by atoms with van der Waals surface area (Å²) in [6.07, 6.45) is 9.14. The maximum atomic E-state index is 5.67. The second-order valence-corrected chi connectivity index (χ2v) is 8.42. The summed E-state index contributed by atoms with van der Waals surface area (Å²) in [5, 5.41) is 0. The van der Waals surface area contributed by atoms with Gasteiger partial charge < -0.3 is 4.43 Å². The number of hydrogen-bond donors (Lipinski definition) is 0. The van der Waals surface area contributed by atoms with Gasteiger partial charge in [-0.25, -0.2) is 0 Å². The first-order valence-corrected chi connectivity index (χ1v) is 8.02. The Morgan fingerprint density at radius 1 is 1.54 bits per heavy atom. The minimum atomic E-state index is -1.49. The van der Waals surface area contributed by atoms with Crippen molar-refractivity contribution in [2.45, 2.75) is 38.4 Å². The molecule has 0 amide bonds. The van der Waals surface area contributed by atoms with E-state index in [1.165, 1.54) is 12.0 Å². The summed E-state index contributed by atoms with van der Waals surface area (Å²) in [6.45, 7) is 6.85. The molecular formula is C11H20OSi. The van der Waals surface area contributed by atoms with Crippen LogP contribution in [0.5, 0.6) is 0 Å². The molecule has 1 rings (SSSR count). The van der Waals surface area contributed by atoms with E-state index in [-0.39, 0.29) is 0 Å². The van der Waals surface area contributed by atoms with Crippen LogP contribution < -0.4 is 0 Å². The van der Waals surface area contributed by atoms with Crippen LogP contribution in [0.3, 0.4) is 0 Å². The van der Waals surface area contributed by atoms with Crippen molar-refractivity contribution in [2.24, 2.45) is 0 Å². The molecule has 0 spiro atoms. The molecule has 0 heterocycles. The van der Waals surface area contributed by atoms with Crippen molar-refractivity contribution in [2.75, 3.05) is 7.11 Å². The zero-order valence-electron chi connectivity index (χ0n) is 9.13. The minimum absolute atomic E-state index is 0.663. The predicted octanol–water partition coefficient (Wildman–Crippen LogP) is 3.50. The summed E-state index contributed by atoms with van der Waals surface area (Å²) >= 11 is 0. The van der Waals surface area contributed by atoms with Crippen LogP contribution in [0.4, 0.5) is 0 Å². The first kappa shape index (κ1) is 10.7. The van der Waals surface area contributed by atoms with E-state index in [0.29, 0.717) is 5.54 Å². The molecule has 13 heavy (non-hydrogen) atoms. The van der Waals surface area contributed by atoms with Gasteiger partial charge in [0.25, 0.3) is 0 Å². The molecule has 0 aromatic carbocycles. The molecule has 0 aromatic heterocycles. The van der Waals surface area contributed by atoms with Gasteiger partial charge in [-0.1, -0.05) is 25.2 Å². The van der Waals surface area contributed by atoms with Crippen molar-refractivity contribution in [1.82, 2.24) is 0 Å². The second kappa shape index (κ2) is 4.25. The van der Waals surface area contributed by atoms with Crippen LogP contribution in [-0.2, 0) is 4.43 Å². The van der Waals surface area contributed by atoms with E-state index < -0.39 is 8.32 Å². The van der Waals surface area contributed by atoms with Crippen LogP contribution in [0.15, 0.2) is 23.8 Å². The summed E-state index contributed by atoms with van der Waals surface area (Å²) in [7, 11) is 0.364. The number of hydrogen-bond acceptors (Lipinski definition) is 1. The van der Waals surface area contributed by atoms with Crippen molar-refractivity contribution < 1.29 is 4.43 Å². The topological polar surface area (TPSA) is 9.23 Å². The Morgan fingerprint density at radius 2 is 2.23 bits per heavy atom. The van der Waals surface area contributed by atoms with Crippen LogP contribution in [-0.4, -0.2) is 15.4 Å². The van der Waals surface area contributed by atoms with Gasteiger partial charge in [0.05, 0.1) is 0 Å². The third kappa shape index (κ3) is 2.32. The standard InChI is InChI=1S/C11H20OSi/c1-5-11(13(3,4)12-2)10-8-6-7-9-10/h6,8-9,11H,5,7H2,1-4H3. The van der Waals surface area contributed by atoms with E-state index in [4.69, 9.17) is 4.43 Å². The molecule has 1 nitrogen and oxygen atoms in total. The quantitative estimate of drug-likeness (QED) is 0.625. The van der Waals surface area contributed by atoms with Crippen molar-refractivity contribution in [3.8, 4) is 0 Å². The molecule has 1 atom stereocenters. The Labute approximate surface area is 82.6 Å². The highest BCUT2D eigenvalue weighted by atomic mass is 28.4. The van der Waals surface area contributed by atoms with E-state index in [0.717, 1.165) is 6.42 Å². The Hall–Kier alpha value is -0.343. The average Bonchev–Trinajstić information content (AvgIpc) is 2.58. The SMILES string of the molecule is CCC(C1=CCC=C1)[Si](C)(C)OC. The molecule has 0 aromatic rings. The summed E-state index contributed by atoms with van der Waals surface area (Å²) in [4.78, 5) is 0. The molecule has 1 aliphatic rings. The van der Waals surface area contributed by atoms with Crippen molar-refractivity contribution >= 4 is 8.32 Å². The van der Waals surface area contributed by atoms with E-state index >= 15 is 0 Å². The smallest absolute Gasteiger partial charge is 0.193 e. The van der Waals surface area contributed by atoms with E-state index in [1.54, 1.807) is 0 Å². The molecule has 1 aliphatic carbocycles. The lowest BCUT2D eigenvalue weighted by atomic mass is 10.1. The highest BCUT2D eigenvalue weighted by Gasteiger charge is 2.33. The van der Waals surface area contributed by atoms with E-state index in [2.05, 4.69) is 38.2 Å². The molecule has 0 radical (unpaired) electrons. The summed E-state index contributed by atoms with van der Waals surface area (Å²) < 4.78 is 5.67. The fourth-order valence-corrected chi connectivity index (χ4v) is 4.29. The van der Waals surface area contributed by atoms with Gasteiger partial charge in [0.1, 0.15) is 0 Å². The fraction of sp³-hybridized carbons (Fsp3) is 0.636.